The topological polar surface area (TPSA) is 27.7 Å². The molecule has 0 aromatic heterocycles. The maximum absolute atomic E-state index is 6.01. The highest BCUT2D eigenvalue weighted by atomic mass is 16.8. The Labute approximate surface area is 83.0 Å². The Kier molecular flexibility index (Phi) is 1.04. The zero-order chi connectivity index (χ0) is 9.44. The molecule has 0 unspecified atom stereocenters. The standard InChI is InChI=1S/C11H14O3/c1-9-10-3-2-4-11(10,5-6-12-9)14-8(7-10)13-9/h5-6,8H,2-4,7H2,1H3/t8-,9-,10+,11-/m1/s1. The second kappa shape index (κ2) is 1.89. The predicted molar refractivity (Wildman–Crippen MR) is 48.2 cm³/mol. The van der Waals surface area contributed by atoms with Crippen molar-refractivity contribution >= 4 is 0 Å². The predicted octanol–water partition coefficient (Wildman–Crippen LogP) is 1.93. The van der Waals surface area contributed by atoms with Crippen LogP contribution < -0.4 is 0 Å². The summed E-state index contributed by atoms with van der Waals surface area (Å²) in [5, 5.41) is 0. The highest BCUT2D eigenvalue weighted by Crippen LogP contribution is 2.70. The lowest BCUT2D eigenvalue weighted by atomic mass is 9.68. The summed E-state index contributed by atoms with van der Waals surface area (Å²) in [6.07, 6.45) is 8.38. The highest BCUT2D eigenvalue weighted by Gasteiger charge is 2.77. The summed E-state index contributed by atoms with van der Waals surface area (Å²) in [5.41, 5.74) is 0.0301. The van der Waals surface area contributed by atoms with Gasteiger partial charge in [0.1, 0.15) is 5.60 Å². The zero-order valence-electron chi connectivity index (χ0n) is 8.29. The average molecular weight is 194 g/mol. The molecule has 4 rings (SSSR count). The third-order valence-corrected chi connectivity index (χ3v) is 4.67. The van der Waals surface area contributed by atoms with E-state index in [0.717, 1.165) is 12.8 Å². The summed E-state index contributed by atoms with van der Waals surface area (Å²) < 4.78 is 17.5. The molecule has 0 amide bonds. The van der Waals surface area contributed by atoms with Crippen LogP contribution in [0.4, 0.5) is 0 Å². The summed E-state index contributed by atoms with van der Waals surface area (Å²) in [5.74, 6) is -0.429. The van der Waals surface area contributed by atoms with E-state index in [4.69, 9.17) is 14.2 Å². The van der Waals surface area contributed by atoms with Crippen molar-refractivity contribution in [2.24, 2.45) is 5.41 Å². The van der Waals surface area contributed by atoms with Gasteiger partial charge < -0.3 is 14.2 Å². The number of fused-ring (bicyclic) bond motifs is 1. The smallest absolute Gasteiger partial charge is 0.218 e. The minimum Gasteiger partial charge on any atom is -0.470 e. The van der Waals surface area contributed by atoms with Crippen molar-refractivity contribution in [2.45, 2.75) is 50.3 Å². The van der Waals surface area contributed by atoms with Crippen LogP contribution in [-0.4, -0.2) is 17.7 Å². The lowest BCUT2D eigenvalue weighted by molar-refractivity contribution is -0.355. The van der Waals surface area contributed by atoms with Gasteiger partial charge in [-0.1, -0.05) is 0 Å². The Bertz CT molecular complexity index is 339. The minimum atomic E-state index is -0.429. The monoisotopic (exact) mass is 194 g/mol. The van der Waals surface area contributed by atoms with E-state index in [1.54, 1.807) is 6.26 Å². The molecule has 1 spiro atoms. The van der Waals surface area contributed by atoms with Crippen molar-refractivity contribution in [3.63, 3.8) is 0 Å². The Morgan fingerprint density at radius 1 is 1.29 bits per heavy atom. The van der Waals surface area contributed by atoms with Gasteiger partial charge in [-0.15, -0.1) is 0 Å². The summed E-state index contributed by atoms with van der Waals surface area (Å²) in [7, 11) is 0. The summed E-state index contributed by atoms with van der Waals surface area (Å²) in [6.45, 7) is 2.07. The van der Waals surface area contributed by atoms with E-state index in [0.29, 0.717) is 0 Å². The van der Waals surface area contributed by atoms with E-state index in [9.17, 15) is 0 Å². The molecule has 3 nitrogen and oxygen atoms in total. The van der Waals surface area contributed by atoms with E-state index in [1.165, 1.54) is 12.8 Å². The van der Waals surface area contributed by atoms with Gasteiger partial charge in [0.05, 0.1) is 11.7 Å². The van der Waals surface area contributed by atoms with Crippen LogP contribution in [0, 0.1) is 5.41 Å². The first-order chi connectivity index (χ1) is 6.70. The van der Waals surface area contributed by atoms with Crippen molar-refractivity contribution in [1.29, 1.82) is 0 Å². The lowest BCUT2D eigenvalue weighted by Gasteiger charge is -2.51. The average Bonchev–Trinajstić information content (AvgIpc) is 2.63. The van der Waals surface area contributed by atoms with Gasteiger partial charge in [-0.2, -0.15) is 0 Å². The van der Waals surface area contributed by atoms with E-state index in [1.807, 2.05) is 0 Å². The van der Waals surface area contributed by atoms with Crippen LogP contribution >= 0.6 is 0 Å². The van der Waals surface area contributed by atoms with Crippen molar-refractivity contribution in [3.8, 4) is 0 Å². The quantitative estimate of drug-likeness (QED) is 0.589. The number of ether oxygens (including phenoxy) is 3. The number of rotatable bonds is 0. The maximum atomic E-state index is 6.01. The van der Waals surface area contributed by atoms with Crippen LogP contribution in [0.25, 0.3) is 0 Å². The molecule has 3 heteroatoms. The molecule has 3 heterocycles. The fourth-order valence-electron chi connectivity index (χ4n) is 4.03. The molecular formula is C11H14O3. The van der Waals surface area contributed by atoms with Gasteiger partial charge in [0.25, 0.3) is 0 Å². The zero-order valence-corrected chi connectivity index (χ0v) is 8.29. The van der Waals surface area contributed by atoms with Crippen molar-refractivity contribution < 1.29 is 14.2 Å². The van der Waals surface area contributed by atoms with Crippen LogP contribution in [0.3, 0.4) is 0 Å². The first-order valence-corrected chi connectivity index (χ1v) is 5.41. The van der Waals surface area contributed by atoms with Gasteiger partial charge >= 0.3 is 0 Å². The van der Waals surface area contributed by atoms with Crippen LogP contribution in [0.1, 0.15) is 32.6 Å². The molecule has 0 N–H and O–H groups in total. The SMILES string of the molecule is C[C@]12OC=C[C@]34CCC[C@]13C[C@H](O2)O4. The molecule has 4 atom stereocenters. The van der Waals surface area contributed by atoms with E-state index >= 15 is 0 Å². The molecule has 14 heavy (non-hydrogen) atoms. The van der Waals surface area contributed by atoms with Gasteiger partial charge in [-0.3, -0.25) is 0 Å². The molecule has 3 fully saturated rings. The van der Waals surface area contributed by atoms with Crippen LogP contribution in [0.2, 0.25) is 0 Å². The normalized spacial score (nSPS) is 62.8. The number of hydrogen-bond acceptors (Lipinski definition) is 3. The first kappa shape index (κ1) is 7.71. The lowest BCUT2D eigenvalue weighted by Crippen LogP contribution is -2.59. The fraction of sp³-hybridized carbons (Fsp3) is 0.818. The molecule has 1 saturated carbocycles. The second-order valence-electron chi connectivity index (χ2n) is 5.06. The van der Waals surface area contributed by atoms with E-state index in [-0.39, 0.29) is 17.3 Å². The molecule has 4 aliphatic rings. The van der Waals surface area contributed by atoms with E-state index < -0.39 is 5.79 Å². The van der Waals surface area contributed by atoms with Crippen molar-refractivity contribution in [2.75, 3.05) is 0 Å². The molecule has 1 aliphatic carbocycles. The van der Waals surface area contributed by atoms with E-state index in [2.05, 4.69) is 13.0 Å². The summed E-state index contributed by atoms with van der Waals surface area (Å²) >= 11 is 0. The molecule has 2 saturated heterocycles. The summed E-state index contributed by atoms with van der Waals surface area (Å²) in [4.78, 5) is 0. The molecule has 0 radical (unpaired) electrons. The van der Waals surface area contributed by atoms with Crippen LogP contribution in [0.5, 0.6) is 0 Å². The van der Waals surface area contributed by atoms with Gasteiger partial charge in [0, 0.05) is 13.3 Å². The summed E-state index contributed by atoms with van der Waals surface area (Å²) in [6, 6.07) is 0. The van der Waals surface area contributed by atoms with Gasteiger partial charge in [0.15, 0.2) is 6.29 Å². The Balaban J connectivity index is 2.00. The third kappa shape index (κ3) is 0.534. The Morgan fingerprint density at radius 3 is 3.07 bits per heavy atom. The largest absolute Gasteiger partial charge is 0.470 e. The van der Waals surface area contributed by atoms with Crippen molar-refractivity contribution in [1.82, 2.24) is 0 Å². The fourth-order valence-corrected chi connectivity index (χ4v) is 4.03. The molecule has 0 aromatic carbocycles. The maximum Gasteiger partial charge on any atom is 0.218 e. The third-order valence-electron chi connectivity index (χ3n) is 4.67. The molecule has 0 aromatic rings. The first-order valence-electron chi connectivity index (χ1n) is 5.41. The van der Waals surface area contributed by atoms with Gasteiger partial charge in [0.2, 0.25) is 5.79 Å². The Morgan fingerprint density at radius 2 is 2.21 bits per heavy atom. The highest BCUT2D eigenvalue weighted by molar-refractivity contribution is 5.27. The second-order valence-corrected chi connectivity index (χ2v) is 5.06. The van der Waals surface area contributed by atoms with Gasteiger partial charge in [-0.05, 0) is 25.3 Å². The van der Waals surface area contributed by atoms with Gasteiger partial charge in [-0.25, -0.2) is 0 Å². The van der Waals surface area contributed by atoms with Crippen molar-refractivity contribution in [3.05, 3.63) is 12.3 Å². The molecular weight excluding hydrogens is 180 g/mol. The Hall–Kier alpha value is -0.540. The van der Waals surface area contributed by atoms with Crippen LogP contribution in [-0.2, 0) is 14.2 Å². The van der Waals surface area contributed by atoms with Crippen LogP contribution in [0.15, 0.2) is 12.3 Å². The molecule has 76 valence electrons. The number of hydrogen-bond donors (Lipinski definition) is 0. The molecule has 3 aliphatic heterocycles. The minimum absolute atomic E-state index is 0.0368. The molecule has 2 bridgehead atoms.